The van der Waals surface area contributed by atoms with Gasteiger partial charge in [0, 0.05) is 29.2 Å². The molecule has 0 atom stereocenters. The maximum atomic E-state index is 12.5. The Balaban J connectivity index is 1.73. The maximum Gasteiger partial charge on any atom is 0.253 e. The first kappa shape index (κ1) is 17.2. The van der Waals surface area contributed by atoms with Crippen LogP contribution in [0.15, 0.2) is 42.6 Å². The fourth-order valence-electron chi connectivity index (χ4n) is 2.74. The average Bonchev–Trinajstić information content (AvgIpc) is 3.03. The molecule has 0 unspecified atom stereocenters. The standard InChI is InChI=1S/C19H19ClN2O3/c1-24-17-9-14-15(11-22-16(14)10-18(17)25-2)19(23)21-7-6-12-4-3-5-13(20)8-12/h3-5,8-11,22H,6-7H2,1-2H3,(H,21,23). The second-order valence-corrected chi connectivity index (χ2v) is 6.03. The van der Waals surface area contributed by atoms with Crippen LogP contribution in [-0.4, -0.2) is 31.7 Å². The molecule has 1 heterocycles. The van der Waals surface area contributed by atoms with Gasteiger partial charge in [-0.2, -0.15) is 0 Å². The highest BCUT2D eigenvalue weighted by Gasteiger charge is 2.15. The number of hydrogen-bond acceptors (Lipinski definition) is 3. The fourth-order valence-corrected chi connectivity index (χ4v) is 2.96. The number of aromatic amines is 1. The molecule has 0 aliphatic heterocycles. The van der Waals surface area contributed by atoms with Gasteiger partial charge in [-0.25, -0.2) is 0 Å². The third-order valence-corrected chi connectivity index (χ3v) is 4.25. The highest BCUT2D eigenvalue weighted by atomic mass is 35.5. The van der Waals surface area contributed by atoms with E-state index in [9.17, 15) is 4.79 Å². The Bertz CT molecular complexity index is 905. The number of hydrogen-bond donors (Lipinski definition) is 2. The van der Waals surface area contributed by atoms with Crippen molar-refractivity contribution in [2.75, 3.05) is 20.8 Å². The average molecular weight is 359 g/mol. The third kappa shape index (κ3) is 3.72. The van der Waals surface area contributed by atoms with Crippen molar-refractivity contribution in [3.05, 3.63) is 58.7 Å². The van der Waals surface area contributed by atoms with E-state index in [1.54, 1.807) is 26.5 Å². The predicted molar refractivity (Wildman–Crippen MR) is 98.9 cm³/mol. The summed E-state index contributed by atoms with van der Waals surface area (Å²) in [7, 11) is 3.15. The van der Waals surface area contributed by atoms with Crippen LogP contribution in [0.2, 0.25) is 5.02 Å². The Kier molecular flexibility index (Phi) is 5.14. The minimum Gasteiger partial charge on any atom is -0.493 e. The first-order valence-corrected chi connectivity index (χ1v) is 8.26. The summed E-state index contributed by atoms with van der Waals surface area (Å²) >= 11 is 5.97. The van der Waals surface area contributed by atoms with E-state index in [0.29, 0.717) is 35.1 Å². The summed E-state index contributed by atoms with van der Waals surface area (Å²) < 4.78 is 10.6. The van der Waals surface area contributed by atoms with Gasteiger partial charge in [0.15, 0.2) is 11.5 Å². The highest BCUT2D eigenvalue weighted by Crippen LogP contribution is 2.33. The second-order valence-electron chi connectivity index (χ2n) is 5.59. The summed E-state index contributed by atoms with van der Waals surface area (Å²) in [5.41, 5.74) is 2.47. The molecule has 0 aliphatic rings. The molecule has 0 spiro atoms. The molecular formula is C19H19ClN2O3. The van der Waals surface area contributed by atoms with Crippen LogP contribution in [0.5, 0.6) is 11.5 Å². The lowest BCUT2D eigenvalue weighted by Crippen LogP contribution is -2.25. The molecule has 130 valence electrons. The predicted octanol–water partition coefficient (Wildman–Crippen LogP) is 3.81. The van der Waals surface area contributed by atoms with E-state index >= 15 is 0 Å². The molecule has 1 aromatic heterocycles. The van der Waals surface area contributed by atoms with Gasteiger partial charge in [0.05, 0.1) is 25.3 Å². The molecule has 6 heteroatoms. The van der Waals surface area contributed by atoms with Gasteiger partial charge in [-0.15, -0.1) is 0 Å². The number of H-pyrrole nitrogens is 1. The summed E-state index contributed by atoms with van der Waals surface area (Å²) in [4.78, 5) is 15.6. The van der Waals surface area contributed by atoms with E-state index < -0.39 is 0 Å². The first-order chi connectivity index (χ1) is 12.1. The van der Waals surface area contributed by atoms with Gasteiger partial charge < -0.3 is 19.8 Å². The highest BCUT2D eigenvalue weighted by molar-refractivity contribution is 6.30. The normalized spacial score (nSPS) is 10.7. The number of ether oxygens (including phenoxy) is 2. The van der Waals surface area contributed by atoms with Gasteiger partial charge in [0.25, 0.3) is 5.91 Å². The molecule has 0 radical (unpaired) electrons. The van der Waals surface area contributed by atoms with Crippen LogP contribution in [0, 0.1) is 0 Å². The zero-order valence-electron chi connectivity index (χ0n) is 14.1. The van der Waals surface area contributed by atoms with Crippen LogP contribution in [0.4, 0.5) is 0 Å². The molecule has 25 heavy (non-hydrogen) atoms. The molecule has 3 rings (SSSR count). The number of amides is 1. The molecule has 0 bridgehead atoms. The van der Waals surface area contributed by atoms with Crippen LogP contribution in [0.25, 0.3) is 10.9 Å². The number of carbonyl (C=O) groups excluding carboxylic acids is 1. The molecule has 5 nitrogen and oxygen atoms in total. The number of carbonyl (C=O) groups is 1. The van der Waals surface area contributed by atoms with Gasteiger partial charge in [0.1, 0.15) is 0 Å². The number of fused-ring (bicyclic) bond motifs is 1. The monoisotopic (exact) mass is 358 g/mol. The fraction of sp³-hybridized carbons (Fsp3) is 0.211. The summed E-state index contributed by atoms with van der Waals surface area (Å²) in [6.45, 7) is 0.527. The molecular weight excluding hydrogens is 340 g/mol. The minimum absolute atomic E-state index is 0.138. The topological polar surface area (TPSA) is 63.4 Å². The van der Waals surface area contributed by atoms with Crippen molar-refractivity contribution in [3.8, 4) is 11.5 Å². The van der Waals surface area contributed by atoms with Crippen molar-refractivity contribution in [1.29, 1.82) is 0 Å². The quantitative estimate of drug-likeness (QED) is 0.704. The van der Waals surface area contributed by atoms with Gasteiger partial charge in [0.2, 0.25) is 0 Å². The number of nitrogens with one attached hydrogen (secondary N) is 2. The molecule has 3 aromatic rings. The summed E-state index contributed by atoms with van der Waals surface area (Å²) in [5.74, 6) is 1.06. The smallest absolute Gasteiger partial charge is 0.253 e. The summed E-state index contributed by atoms with van der Waals surface area (Å²) in [5, 5.41) is 4.42. The van der Waals surface area contributed by atoms with Crippen LogP contribution >= 0.6 is 11.6 Å². The van der Waals surface area contributed by atoms with Crippen molar-refractivity contribution in [1.82, 2.24) is 10.3 Å². The molecule has 2 N–H and O–H groups in total. The number of rotatable bonds is 6. The molecule has 0 saturated carbocycles. The molecule has 2 aromatic carbocycles. The van der Waals surface area contributed by atoms with Gasteiger partial charge in [-0.05, 0) is 30.2 Å². The van der Waals surface area contributed by atoms with E-state index in [4.69, 9.17) is 21.1 Å². The lowest BCUT2D eigenvalue weighted by Gasteiger charge is -2.08. The van der Waals surface area contributed by atoms with Crippen LogP contribution in [0.3, 0.4) is 0 Å². The number of halogens is 1. The number of aromatic nitrogens is 1. The minimum atomic E-state index is -0.138. The van der Waals surface area contributed by atoms with E-state index in [2.05, 4.69) is 10.3 Å². The van der Waals surface area contributed by atoms with E-state index in [-0.39, 0.29) is 5.91 Å². The van der Waals surface area contributed by atoms with E-state index in [0.717, 1.165) is 16.5 Å². The lowest BCUT2D eigenvalue weighted by atomic mass is 10.1. The summed E-state index contributed by atoms with van der Waals surface area (Å²) in [6, 6.07) is 11.2. The molecule has 0 saturated heterocycles. The Morgan fingerprint density at radius 1 is 1.16 bits per heavy atom. The van der Waals surface area contributed by atoms with Crippen molar-refractivity contribution in [2.45, 2.75) is 6.42 Å². The van der Waals surface area contributed by atoms with E-state index in [1.807, 2.05) is 30.3 Å². The molecule has 0 aliphatic carbocycles. The van der Waals surface area contributed by atoms with E-state index in [1.165, 1.54) is 0 Å². The number of benzene rings is 2. The van der Waals surface area contributed by atoms with Crippen LogP contribution in [-0.2, 0) is 6.42 Å². The lowest BCUT2D eigenvalue weighted by molar-refractivity contribution is 0.0956. The number of methoxy groups -OCH3 is 2. The first-order valence-electron chi connectivity index (χ1n) is 7.88. The Hall–Kier alpha value is -2.66. The van der Waals surface area contributed by atoms with Crippen molar-refractivity contribution < 1.29 is 14.3 Å². The SMILES string of the molecule is COc1cc2[nH]cc(C(=O)NCCc3cccc(Cl)c3)c2cc1OC. The van der Waals surface area contributed by atoms with Gasteiger partial charge in [-0.1, -0.05) is 23.7 Å². The third-order valence-electron chi connectivity index (χ3n) is 4.02. The van der Waals surface area contributed by atoms with Crippen LogP contribution in [0.1, 0.15) is 15.9 Å². The zero-order chi connectivity index (χ0) is 17.8. The zero-order valence-corrected chi connectivity index (χ0v) is 14.8. The maximum absolute atomic E-state index is 12.5. The Morgan fingerprint density at radius 3 is 2.64 bits per heavy atom. The largest absolute Gasteiger partial charge is 0.493 e. The molecule has 0 fully saturated rings. The van der Waals surface area contributed by atoms with Crippen molar-refractivity contribution in [2.24, 2.45) is 0 Å². The van der Waals surface area contributed by atoms with Gasteiger partial charge >= 0.3 is 0 Å². The Labute approximate surface area is 150 Å². The van der Waals surface area contributed by atoms with Crippen molar-refractivity contribution >= 4 is 28.4 Å². The van der Waals surface area contributed by atoms with Gasteiger partial charge in [-0.3, -0.25) is 4.79 Å². The second kappa shape index (κ2) is 7.49. The van der Waals surface area contributed by atoms with Crippen LogP contribution < -0.4 is 14.8 Å². The Morgan fingerprint density at radius 2 is 1.92 bits per heavy atom. The summed E-state index contributed by atoms with van der Waals surface area (Å²) in [6.07, 6.45) is 2.41. The van der Waals surface area contributed by atoms with Crippen molar-refractivity contribution in [3.63, 3.8) is 0 Å². The molecule has 1 amide bonds.